The summed E-state index contributed by atoms with van der Waals surface area (Å²) in [5, 5.41) is 0. The molecule has 1 aliphatic rings. The van der Waals surface area contributed by atoms with E-state index in [4.69, 9.17) is 5.73 Å². The van der Waals surface area contributed by atoms with Gasteiger partial charge in [-0.15, -0.1) is 0 Å². The fourth-order valence-corrected chi connectivity index (χ4v) is 3.05. The van der Waals surface area contributed by atoms with Crippen molar-refractivity contribution in [3.8, 4) is 0 Å². The molecule has 1 aromatic rings. The molecule has 0 heterocycles. The molecule has 1 saturated carbocycles. The lowest BCUT2D eigenvalue weighted by molar-refractivity contribution is 0.427. The van der Waals surface area contributed by atoms with Crippen molar-refractivity contribution in [2.75, 3.05) is 11.9 Å². The number of rotatable bonds is 3. The van der Waals surface area contributed by atoms with Gasteiger partial charge >= 0.3 is 0 Å². The molecular formula is C14H21BrN2. The Hall–Kier alpha value is -0.540. The van der Waals surface area contributed by atoms with Gasteiger partial charge in [-0.2, -0.15) is 0 Å². The molecule has 0 aromatic heterocycles. The molecule has 0 unspecified atom stereocenters. The summed E-state index contributed by atoms with van der Waals surface area (Å²) >= 11 is 3.55. The first-order chi connectivity index (χ1) is 8.22. The van der Waals surface area contributed by atoms with Crippen molar-refractivity contribution in [1.29, 1.82) is 0 Å². The average molecular weight is 297 g/mol. The van der Waals surface area contributed by atoms with Crippen LogP contribution in [-0.4, -0.2) is 13.1 Å². The van der Waals surface area contributed by atoms with Crippen molar-refractivity contribution < 1.29 is 0 Å². The summed E-state index contributed by atoms with van der Waals surface area (Å²) in [6, 6.07) is 7.07. The van der Waals surface area contributed by atoms with Crippen LogP contribution in [0.5, 0.6) is 0 Å². The third kappa shape index (κ3) is 3.02. The molecule has 0 aliphatic heterocycles. The number of hydrogen-bond donors (Lipinski definition) is 1. The molecular weight excluding hydrogens is 276 g/mol. The Morgan fingerprint density at radius 1 is 1.29 bits per heavy atom. The van der Waals surface area contributed by atoms with Crippen LogP contribution in [0, 0.1) is 0 Å². The minimum absolute atomic E-state index is 0.611. The molecule has 2 rings (SSSR count). The summed E-state index contributed by atoms with van der Waals surface area (Å²) in [7, 11) is 2.21. The fourth-order valence-electron chi connectivity index (χ4n) is 2.70. The van der Waals surface area contributed by atoms with Gasteiger partial charge in [-0.05, 0) is 30.5 Å². The molecule has 2 N–H and O–H groups in total. The van der Waals surface area contributed by atoms with Crippen molar-refractivity contribution >= 4 is 21.6 Å². The van der Waals surface area contributed by atoms with E-state index in [0.29, 0.717) is 12.6 Å². The van der Waals surface area contributed by atoms with Crippen molar-refractivity contribution in [3.05, 3.63) is 28.2 Å². The van der Waals surface area contributed by atoms with E-state index in [2.05, 4.69) is 46.1 Å². The van der Waals surface area contributed by atoms with Gasteiger partial charge in [0.15, 0.2) is 0 Å². The van der Waals surface area contributed by atoms with E-state index in [0.717, 1.165) is 4.47 Å². The molecule has 1 aromatic carbocycles. The molecule has 1 fully saturated rings. The highest BCUT2D eigenvalue weighted by Crippen LogP contribution is 2.30. The summed E-state index contributed by atoms with van der Waals surface area (Å²) in [4.78, 5) is 2.42. The number of hydrogen-bond acceptors (Lipinski definition) is 2. The van der Waals surface area contributed by atoms with Crippen LogP contribution in [0.15, 0.2) is 22.7 Å². The Morgan fingerprint density at radius 3 is 2.65 bits per heavy atom. The van der Waals surface area contributed by atoms with E-state index in [9.17, 15) is 0 Å². The normalized spacial score (nSPS) is 17.1. The van der Waals surface area contributed by atoms with Gasteiger partial charge in [0.25, 0.3) is 0 Å². The standard InChI is InChI=1S/C14H21BrN2/c1-17(13-5-3-2-4-6-13)14-9-12(15)8-7-11(14)10-16/h7-9,13H,2-6,10,16H2,1H3. The minimum atomic E-state index is 0.611. The Morgan fingerprint density at radius 2 is 2.00 bits per heavy atom. The maximum atomic E-state index is 5.83. The summed E-state index contributed by atoms with van der Waals surface area (Å²) in [6.07, 6.45) is 6.74. The molecule has 0 atom stereocenters. The maximum absolute atomic E-state index is 5.83. The second-order valence-corrected chi connectivity index (χ2v) is 5.80. The van der Waals surface area contributed by atoms with Gasteiger partial charge in [0.1, 0.15) is 0 Å². The van der Waals surface area contributed by atoms with Crippen LogP contribution in [0.25, 0.3) is 0 Å². The minimum Gasteiger partial charge on any atom is -0.371 e. The molecule has 3 heteroatoms. The van der Waals surface area contributed by atoms with Crippen LogP contribution in [0.1, 0.15) is 37.7 Å². The number of nitrogens with zero attached hydrogens (tertiary/aromatic N) is 1. The van der Waals surface area contributed by atoms with E-state index >= 15 is 0 Å². The molecule has 0 bridgehead atoms. The summed E-state index contributed by atoms with van der Waals surface area (Å²) in [5.41, 5.74) is 8.35. The van der Waals surface area contributed by atoms with Crippen molar-refractivity contribution in [2.45, 2.75) is 44.7 Å². The number of benzene rings is 1. The monoisotopic (exact) mass is 296 g/mol. The van der Waals surface area contributed by atoms with Crippen molar-refractivity contribution in [3.63, 3.8) is 0 Å². The van der Waals surface area contributed by atoms with Crippen LogP contribution in [0.2, 0.25) is 0 Å². The van der Waals surface area contributed by atoms with Crippen LogP contribution >= 0.6 is 15.9 Å². The predicted molar refractivity (Wildman–Crippen MR) is 77.3 cm³/mol. The Balaban J connectivity index is 2.21. The lowest BCUT2D eigenvalue weighted by atomic mass is 9.94. The summed E-state index contributed by atoms with van der Waals surface area (Å²) < 4.78 is 1.13. The largest absolute Gasteiger partial charge is 0.371 e. The quantitative estimate of drug-likeness (QED) is 0.922. The first-order valence-electron chi connectivity index (χ1n) is 6.43. The maximum Gasteiger partial charge on any atom is 0.0422 e. The zero-order chi connectivity index (χ0) is 12.3. The Labute approximate surface area is 112 Å². The lowest BCUT2D eigenvalue weighted by Crippen LogP contribution is -2.34. The topological polar surface area (TPSA) is 29.3 Å². The van der Waals surface area contributed by atoms with Crippen molar-refractivity contribution in [1.82, 2.24) is 0 Å². The van der Waals surface area contributed by atoms with E-state index in [-0.39, 0.29) is 0 Å². The van der Waals surface area contributed by atoms with Crippen LogP contribution in [-0.2, 0) is 6.54 Å². The lowest BCUT2D eigenvalue weighted by Gasteiger charge is -2.34. The second kappa shape index (κ2) is 5.87. The molecule has 0 radical (unpaired) electrons. The molecule has 17 heavy (non-hydrogen) atoms. The van der Waals surface area contributed by atoms with E-state index < -0.39 is 0 Å². The van der Waals surface area contributed by atoms with E-state index in [1.807, 2.05) is 0 Å². The smallest absolute Gasteiger partial charge is 0.0422 e. The van der Waals surface area contributed by atoms with Gasteiger partial charge in [-0.1, -0.05) is 41.3 Å². The van der Waals surface area contributed by atoms with Gasteiger partial charge < -0.3 is 10.6 Å². The zero-order valence-corrected chi connectivity index (χ0v) is 12.0. The SMILES string of the molecule is CN(c1cc(Br)ccc1CN)C1CCCCC1. The Bertz CT molecular complexity index is 372. The number of halogens is 1. The molecule has 2 nitrogen and oxygen atoms in total. The first-order valence-corrected chi connectivity index (χ1v) is 7.23. The molecule has 94 valence electrons. The van der Waals surface area contributed by atoms with Crippen molar-refractivity contribution in [2.24, 2.45) is 5.73 Å². The molecule has 0 saturated heterocycles. The van der Waals surface area contributed by atoms with Crippen LogP contribution in [0.4, 0.5) is 5.69 Å². The third-order valence-electron chi connectivity index (χ3n) is 3.77. The van der Waals surface area contributed by atoms with E-state index in [1.165, 1.54) is 43.4 Å². The van der Waals surface area contributed by atoms with Gasteiger partial charge in [-0.25, -0.2) is 0 Å². The van der Waals surface area contributed by atoms with Gasteiger partial charge in [0.05, 0.1) is 0 Å². The predicted octanol–water partition coefficient (Wildman–Crippen LogP) is 3.68. The molecule has 0 spiro atoms. The highest BCUT2D eigenvalue weighted by atomic mass is 79.9. The highest BCUT2D eigenvalue weighted by Gasteiger charge is 2.19. The number of nitrogens with two attached hydrogens (primary N) is 1. The van der Waals surface area contributed by atoms with Gasteiger partial charge in [0, 0.05) is 29.8 Å². The summed E-state index contributed by atoms with van der Waals surface area (Å²) in [5.74, 6) is 0. The van der Waals surface area contributed by atoms with Crippen LogP contribution in [0.3, 0.4) is 0 Å². The molecule has 1 aliphatic carbocycles. The van der Waals surface area contributed by atoms with Gasteiger partial charge in [-0.3, -0.25) is 0 Å². The fraction of sp³-hybridized carbons (Fsp3) is 0.571. The van der Waals surface area contributed by atoms with Crippen LogP contribution < -0.4 is 10.6 Å². The molecule has 0 amide bonds. The number of anilines is 1. The van der Waals surface area contributed by atoms with E-state index in [1.54, 1.807) is 0 Å². The third-order valence-corrected chi connectivity index (χ3v) is 4.26. The second-order valence-electron chi connectivity index (χ2n) is 4.88. The summed E-state index contributed by atoms with van der Waals surface area (Å²) in [6.45, 7) is 0.611. The Kier molecular flexibility index (Phi) is 4.46. The zero-order valence-electron chi connectivity index (χ0n) is 10.5. The highest BCUT2D eigenvalue weighted by molar-refractivity contribution is 9.10. The average Bonchev–Trinajstić information content (AvgIpc) is 2.39. The van der Waals surface area contributed by atoms with Gasteiger partial charge in [0.2, 0.25) is 0 Å². The first kappa shape index (κ1) is 12.9.